The molecule has 0 bridgehead atoms. The molecule has 0 aliphatic heterocycles. The fraction of sp³-hybridized carbons (Fsp3) is 1.00. The van der Waals surface area contributed by atoms with Crippen LogP contribution in [0.5, 0.6) is 0 Å². The fourth-order valence-corrected chi connectivity index (χ4v) is 1.53. The molecule has 2 unspecified atom stereocenters. The third kappa shape index (κ3) is 7.03. The van der Waals surface area contributed by atoms with E-state index in [-0.39, 0.29) is 0 Å². The zero-order chi connectivity index (χ0) is 10.1. The average Bonchev–Trinajstić information content (AvgIpc) is 2.18. The van der Waals surface area contributed by atoms with Crippen molar-refractivity contribution in [2.24, 2.45) is 23.3 Å². The van der Waals surface area contributed by atoms with Crippen molar-refractivity contribution in [3.8, 4) is 0 Å². The van der Waals surface area contributed by atoms with Crippen LogP contribution in [0.3, 0.4) is 0 Å². The summed E-state index contributed by atoms with van der Waals surface area (Å²) in [5, 5.41) is 0. The molecule has 0 radical (unpaired) electrons. The first-order chi connectivity index (χ1) is 6.24. The van der Waals surface area contributed by atoms with Crippen LogP contribution in [0, 0.1) is 11.8 Å². The monoisotopic (exact) mass is 186 g/mol. The van der Waals surface area contributed by atoms with Crippen molar-refractivity contribution in [3.05, 3.63) is 0 Å². The lowest BCUT2D eigenvalue weighted by molar-refractivity contribution is 0.428. The van der Waals surface area contributed by atoms with E-state index in [1.165, 1.54) is 32.1 Å². The average molecular weight is 186 g/mol. The number of unbranched alkanes of at least 4 members (excludes halogenated alkanes) is 1. The Morgan fingerprint density at radius 2 is 1.62 bits per heavy atom. The van der Waals surface area contributed by atoms with E-state index in [9.17, 15) is 0 Å². The van der Waals surface area contributed by atoms with Crippen molar-refractivity contribution in [1.82, 2.24) is 0 Å². The lowest BCUT2D eigenvalue weighted by atomic mass is 9.96. The molecule has 0 aromatic heterocycles. The predicted molar refractivity (Wildman–Crippen MR) is 59.5 cm³/mol. The summed E-state index contributed by atoms with van der Waals surface area (Å²) < 4.78 is 0. The van der Waals surface area contributed by atoms with Gasteiger partial charge in [-0.15, -0.1) is 0 Å². The Morgan fingerprint density at radius 3 is 2.08 bits per heavy atom. The Bertz CT molecular complexity index is 100. The van der Waals surface area contributed by atoms with Gasteiger partial charge in [-0.2, -0.15) is 0 Å². The Kier molecular flexibility index (Phi) is 8.46. The minimum Gasteiger partial charge on any atom is -0.330 e. The van der Waals surface area contributed by atoms with Crippen LogP contribution in [-0.4, -0.2) is 13.1 Å². The zero-order valence-electron chi connectivity index (χ0n) is 9.26. The molecule has 0 rings (SSSR count). The topological polar surface area (TPSA) is 52.0 Å². The van der Waals surface area contributed by atoms with Crippen molar-refractivity contribution >= 4 is 0 Å². The molecule has 0 heterocycles. The van der Waals surface area contributed by atoms with Gasteiger partial charge in [0.2, 0.25) is 0 Å². The highest BCUT2D eigenvalue weighted by Crippen LogP contribution is 2.14. The molecule has 0 aromatic rings. The highest BCUT2D eigenvalue weighted by molar-refractivity contribution is 4.59. The maximum absolute atomic E-state index is 5.63. The molecule has 0 aromatic carbocycles. The molecule has 0 fully saturated rings. The molecule has 0 spiro atoms. The lowest BCUT2D eigenvalue weighted by Gasteiger charge is -2.12. The second kappa shape index (κ2) is 8.52. The summed E-state index contributed by atoms with van der Waals surface area (Å²) in [5.41, 5.74) is 11.2. The molecule has 0 saturated heterocycles. The highest BCUT2D eigenvalue weighted by atomic mass is 14.5. The molecule has 0 aliphatic rings. The molecule has 0 aliphatic carbocycles. The number of nitrogens with two attached hydrogens (primary N) is 2. The van der Waals surface area contributed by atoms with Gasteiger partial charge < -0.3 is 11.5 Å². The summed E-state index contributed by atoms with van der Waals surface area (Å²) in [7, 11) is 0. The quantitative estimate of drug-likeness (QED) is 0.571. The van der Waals surface area contributed by atoms with Gasteiger partial charge in [0.15, 0.2) is 0 Å². The van der Waals surface area contributed by atoms with Crippen LogP contribution in [0.15, 0.2) is 0 Å². The van der Waals surface area contributed by atoms with Crippen molar-refractivity contribution in [2.45, 2.75) is 46.0 Å². The summed E-state index contributed by atoms with van der Waals surface area (Å²) in [6, 6.07) is 0. The Hall–Kier alpha value is -0.0800. The fourth-order valence-electron chi connectivity index (χ4n) is 1.53. The minimum absolute atomic E-state index is 0.693. The normalized spacial score (nSPS) is 15.7. The van der Waals surface area contributed by atoms with Gasteiger partial charge in [-0.1, -0.05) is 33.1 Å². The molecular weight excluding hydrogens is 160 g/mol. The van der Waals surface area contributed by atoms with Gasteiger partial charge in [0.05, 0.1) is 0 Å². The van der Waals surface area contributed by atoms with Crippen molar-refractivity contribution in [3.63, 3.8) is 0 Å². The van der Waals surface area contributed by atoms with E-state index in [2.05, 4.69) is 13.8 Å². The Balaban J connectivity index is 3.23. The van der Waals surface area contributed by atoms with Crippen LogP contribution in [-0.2, 0) is 0 Å². The molecule has 2 atom stereocenters. The third-order valence-corrected chi connectivity index (χ3v) is 2.87. The summed E-state index contributed by atoms with van der Waals surface area (Å²) in [6.45, 7) is 6.12. The van der Waals surface area contributed by atoms with Crippen LogP contribution in [0.25, 0.3) is 0 Å². The SMILES string of the molecule is CCC(CN)CCCCC(C)CN. The van der Waals surface area contributed by atoms with Crippen LogP contribution in [0.4, 0.5) is 0 Å². The molecule has 2 heteroatoms. The van der Waals surface area contributed by atoms with Crippen LogP contribution < -0.4 is 11.5 Å². The summed E-state index contributed by atoms with van der Waals surface area (Å²) in [6.07, 6.45) is 6.43. The molecular formula is C11H26N2. The zero-order valence-corrected chi connectivity index (χ0v) is 9.26. The number of hydrogen-bond donors (Lipinski definition) is 2. The third-order valence-electron chi connectivity index (χ3n) is 2.87. The van der Waals surface area contributed by atoms with Gasteiger partial charge in [-0.25, -0.2) is 0 Å². The molecule has 80 valence electrons. The van der Waals surface area contributed by atoms with E-state index < -0.39 is 0 Å². The number of rotatable bonds is 8. The van der Waals surface area contributed by atoms with Gasteiger partial charge in [0.25, 0.3) is 0 Å². The standard InChI is InChI=1S/C11H26N2/c1-3-11(9-13)7-5-4-6-10(2)8-12/h10-11H,3-9,12-13H2,1-2H3. The second-order valence-corrected chi connectivity index (χ2v) is 4.14. The highest BCUT2D eigenvalue weighted by Gasteiger charge is 2.04. The Labute approximate surface area is 83.1 Å². The van der Waals surface area contributed by atoms with E-state index in [1.54, 1.807) is 0 Å². The molecule has 2 nitrogen and oxygen atoms in total. The lowest BCUT2D eigenvalue weighted by Crippen LogP contribution is -2.14. The Morgan fingerprint density at radius 1 is 1.00 bits per heavy atom. The van der Waals surface area contributed by atoms with Gasteiger partial charge in [0.1, 0.15) is 0 Å². The van der Waals surface area contributed by atoms with Crippen molar-refractivity contribution < 1.29 is 0 Å². The van der Waals surface area contributed by atoms with Crippen LogP contribution >= 0.6 is 0 Å². The number of hydrogen-bond acceptors (Lipinski definition) is 2. The summed E-state index contributed by atoms with van der Waals surface area (Å²) in [4.78, 5) is 0. The van der Waals surface area contributed by atoms with E-state index >= 15 is 0 Å². The van der Waals surface area contributed by atoms with E-state index in [1.807, 2.05) is 0 Å². The molecule has 0 saturated carbocycles. The first-order valence-corrected chi connectivity index (χ1v) is 5.64. The van der Waals surface area contributed by atoms with Crippen LogP contribution in [0.1, 0.15) is 46.0 Å². The van der Waals surface area contributed by atoms with Crippen molar-refractivity contribution in [1.29, 1.82) is 0 Å². The summed E-state index contributed by atoms with van der Waals surface area (Å²) in [5.74, 6) is 1.44. The molecule has 13 heavy (non-hydrogen) atoms. The molecule has 4 N–H and O–H groups in total. The smallest absolute Gasteiger partial charge is 0.00490 e. The maximum atomic E-state index is 5.63. The summed E-state index contributed by atoms with van der Waals surface area (Å²) >= 11 is 0. The minimum atomic E-state index is 0.693. The largest absolute Gasteiger partial charge is 0.330 e. The van der Waals surface area contributed by atoms with Gasteiger partial charge in [0, 0.05) is 0 Å². The van der Waals surface area contributed by atoms with Crippen molar-refractivity contribution in [2.75, 3.05) is 13.1 Å². The predicted octanol–water partition coefficient (Wildman–Crippen LogP) is 2.13. The van der Waals surface area contributed by atoms with Gasteiger partial charge in [-0.05, 0) is 37.8 Å². The van der Waals surface area contributed by atoms with Gasteiger partial charge in [-0.3, -0.25) is 0 Å². The van der Waals surface area contributed by atoms with Gasteiger partial charge >= 0.3 is 0 Å². The van der Waals surface area contributed by atoms with E-state index in [0.29, 0.717) is 5.92 Å². The first-order valence-electron chi connectivity index (χ1n) is 5.64. The van der Waals surface area contributed by atoms with E-state index in [4.69, 9.17) is 11.5 Å². The second-order valence-electron chi connectivity index (χ2n) is 4.14. The first kappa shape index (κ1) is 12.9. The van der Waals surface area contributed by atoms with E-state index in [0.717, 1.165) is 19.0 Å². The maximum Gasteiger partial charge on any atom is -0.00490 e. The van der Waals surface area contributed by atoms with Crippen LogP contribution in [0.2, 0.25) is 0 Å². The molecule has 0 amide bonds.